The summed E-state index contributed by atoms with van der Waals surface area (Å²) in [6.07, 6.45) is 6.64. The standard InChI is InChI=1S/C20H28O/c1-15-8-7-13-20(3)18(15)11-12-19(20)16(2)14-21-17-9-5-4-6-10-17/h4-6,9-10,16,18-19H,1,7-8,11-14H2,2-3H3/t16?,18-,19+,20-/m0/s1. The third-order valence-corrected chi connectivity index (χ3v) is 6.06. The zero-order chi connectivity index (χ0) is 14.9. The van der Waals surface area contributed by atoms with Gasteiger partial charge in [0.1, 0.15) is 5.75 Å². The van der Waals surface area contributed by atoms with Gasteiger partial charge in [-0.25, -0.2) is 0 Å². The third-order valence-electron chi connectivity index (χ3n) is 6.06. The van der Waals surface area contributed by atoms with Crippen molar-refractivity contribution in [2.75, 3.05) is 6.61 Å². The van der Waals surface area contributed by atoms with Crippen molar-refractivity contribution >= 4 is 0 Å². The Morgan fingerprint density at radius 2 is 2.05 bits per heavy atom. The number of hydrogen-bond acceptors (Lipinski definition) is 1. The Hall–Kier alpha value is -1.24. The molecule has 1 aromatic rings. The van der Waals surface area contributed by atoms with Crippen LogP contribution in [-0.2, 0) is 0 Å². The van der Waals surface area contributed by atoms with Crippen LogP contribution in [0.5, 0.6) is 5.75 Å². The summed E-state index contributed by atoms with van der Waals surface area (Å²) in [5.41, 5.74) is 1.98. The third kappa shape index (κ3) is 2.75. The lowest BCUT2D eigenvalue weighted by Gasteiger charge is -2.44. The number of hydrogen-bond donors (Lipinski definition) is 0. The lowest BCUT2D eigenvalue weighted by Crippen LogP contribution is -2.37. The first-order valence-electron chi connectivity index (χ1n) is 8.47. The van der Waals surface area contributed by atoms with E-state index >= 15 is 0 Å². The topological polar surface area (TPSA) is 9.23 Å². The molecule has 2 aliphatic rings. The second-order valence-corrected chi connectivity index (χ2v) is 7.36. The molecule has 21 heavy (non-hydrogen) atoms. The number of fused-ring (bicyclic) bond motifs is 1. The zero-order valence-electron chi connectivity index (χ0n) is 13.5. The summed E-state index contributed by atoms with van der Waals surface area (Å²) < 4.78 is 6.01. The molecule has 0 spiro atoms. The molecule has 1 unspecified atom stereocenters. The second-order valence-electron chi connectivity index (χ2n) is 7.36. The molecule has 114 valence electrons. The first-order chi connectivity index (χ1) is 10.1. The Labute approximate surface area is 129 Å². The van der Waals surface area contributed by atoms with Gasteiger partial charge < -0.3 is 4.74 Å². The maximum absolute atomic E-state index is 6.01. The number of allylic oxidation sites excluding steroid dienone is 1. The van der Waals surface area contributed by atoms with E-state index < -0.39 is 0 Å². The minimum Gasteiger partial charge on any atom is -0.493 e. The van der Waals surface area contributed by atoms with E-state index in [9.17, 15) is 0 Å². The molecule has 2 saturated carbocycles. The molecule has 0 N–H and O–H groups in total. The van der Waals surface area contributed by atoms with Crippen LogP contribution in [0.15, 0.2) is 42.5 Å². The van der Waals surface area contributed by atoms with Crippen LogP contribution >= 0.6 is 0 Å². The average Bonchev–Trinajstić information content (AvgIpc) is 2.84. The van der Waals surface area contributed by atoms with Crippen molar-refractivity contribution in [3.05, 3.63) is 42.5 Å². The molecule has 0 aliphatic heterocycles. The van der Waals surface area contributed by atoms with Crippen LogP contribution in [0.4, 0.5) is 0 Å². The van der Waals surface area contributed by atoms with Crippen molar-refractivity contribution in [3.8, 4) is 5.75 Å². The molecule has 2 fully saturated rings. The van der Waals surface area contributed by atoms with Crippen molar-refractivity contribution in [2.24, 2.45) is 23.2 Å². The van der Waals surface area contributed by atoms with Crippen LogP contribution in [0.1, 0.15) is 46.0 Å². The quantitative estimate of drug-likeness (QED) is 0.666. The summed E-state index contributed by atoms with van der Waals surface area (Å²) in [5, 5.41) is 0. The predicted octanol–water partition coefficient (Wildman–Crippen LogP) is 5.47. The summed E-state index contributed by atoms with van der Waals surface area (Å²) in [7, 11) is 0. The molecule has 2 aliphatic carbocycles. The number of benzene rings is 1. The number of para-hydroxylation sites is 1. The first-order valence-corrected chi connectivity index (χ1v) is 8.47. The molecular formula is C20H28O. The molecule has 0 radical (unpaired) electrons. The van der Waals surface area contributed by atoms with E-state index in [1.54, 1.807) is 0 Å². The summed E-state index contributed by atoms with van der Waals surface area (Å²) in [6.45, 7) is 10.1. The Morgan fingerprint density at radius 1 is 1.29 bits per heavy atom. The highest BCUT2D eigenvalue weighted by atomic mass is 16.5. The predicted molar refractivity (Wildman–Crippen MR) is 88.4 cm³/mol. The zero-order valence-corrected chi connectivity index (χ0v) is 13.5. The van der Waals surface area contributed by atoms with Gasteiger partial charge in [-0.2, -0.15) is 0 Å². The largest absolute Gasteiger partial charge is 0.493 e. The number of rotatable bonds is 4. The maximum atomic E-state index is 6.01. The van der Waals surface area contributed by atoms with Gasteiger partial charge >= 0.3 is 0 Å². The van der Waals surface area contributed by atoms with E-state index in [1.807, 2.05) is 30.3 Å². The average molecular weight is 284 g/mol. The molecule has 0 amide bonds. The van der Waals surface area contributed by atoms with Gasteiger partial charge in [-0.15, -0.1) is 0 Å². The fourth-order valence-corrected chi connectivity index (χ4v) is 4.96. The van der Waals surface area contributed by atoms with Gasteiger partial charge in [0.25, 0.3) is 0 Å². The van der Waals surface area contributed by atoms with E-state index in [1.165, 1.54) is 37.7 Å². The molecule has 0 bridgehead atoms. The lowest BCUT2D eigenvalue weighted by atomic mass is 9.61. The molecule has 1 heteroatoms. The maximum Gasteiger partial charge on any atom is 0.119 e. The van der Waals surface area contributed by atoms with E-state index in [0.29, 0.717) is 11.3 Å². The first kappa shape index (κ1) is 14.7. The van der Waals surface area contributed by atoms with Crippen molar-refractivity contribution < 1.29 is 4.74 Å². The Morgan fingerprint density at radius 3 is 2.81 bits per heavy atom. The lowest BCUT2D eigenvalue weighted by molar-refractivity contribution is 0.0749. The fraction of sp³-hybridized carbons (Fsp3) is 0.600. The van der Waals surface area contributed by atoms with E-state index in [-0.39, 0.29) is 0 Å². The van der Waals surface area contributed by atoms with Gasteiger partial charge in [0, 0.05) is 0 Å². The fourth-order valence-electron chi connectivity index (χ4n) is 4.96. The van der Waals surface area contributed by atoms with Crippen LogP contribution in [0.3, 0.4) is 0 Å². The van der Waals surface area contributed by atoms with Crippen LogP contribution < -0.4 is 4.74 Å². The highest BCUT2D eigenvalue weighted by Crippen LogP contribution is 2.58. The van der Waals surface area contributed by atoms with Gasteiger partial charge in [0.2, 0.25) is 0 Å². The molecule has 1 nitrogen and oxygen atoms in total. The highest BCUT2D eigenvalue weighted by molar-refractivity contribution is 5.21. The van der Waals surface area contributed by atoms with E-state index in [4.69, 9.17) is 4.74 Å². The van der Waals surface area contributed by atoms with Gasteiger partial charge in [-0.1, -0.05) is 44.2 Å². The van der Waals surface area contributed by atoms with Gasteiger partial charge in [-0.3, -0.25) is 0 Å². The van der Waals surface area contributed by atoms with Gasteiger partial charge in [0.15, 0.2) is 0 Å². The molecule has 3 rings (SSSR count). The molecule has 4 atom stereocenters. The molecular weight excluding hydrogens is 256 g/mol. The summed E-state index contributed by atoms with van der Waals surface area (Å²) in [5.74, 6) is 3.15. The molecule has 0 saturated heterocycles. The molecule has 0 heterocycles. The van der Waals surface area contributed by atoms with Crippen LogP contribution in [0.25, 0.3) is 0 Å². The van der Waals surface area contributed by atoms with Gasteiger partial charge in [-0.05, 0) is 67.4 Å². The van der Waals surface area contributed by atoms with Crippen molar-refractivity contribution in [2.45, 2.75) is 46.0 Å². The minimum absolute atomic E-state index is 0.467. The SMILES string of the molecule is C=C1CCC[C@]2(C)[C@@H](C(C)COc3ccccc3)CC[C@@H]12. The van der Waals surface area contributed by atoms with Crippen molar-refractivity contribution in [1.29, 1.82) is 0 Å². The minimum atomic E-state index is 0.467. The Bertz CT molecular complexity index is 492. The van der Waals surface area contributed by atoms with E-state index in [0.717, 1.165) is 24.2 Å². The van der Waals surface area contributed by atoms with Crippen LogP contribution in [0.2, 0.25) is 0 Å². The molecule has 0 aromatic heterocycles. The van der Waals surface area contributed by atoms with Crippen molar-refractivity contribution in [1.82, 2.24) is 0 Å². The Balaban J connectivity index is 1.65. The van der Waals surface area contributed by atoms with E-state index in [2.05, 4.69) is 20.4 Å². The molecule has 1 aromatic carbocycles. The van der Waals surface area contributed by atoms with Crippen molar-refractivity contribution in [3.63, 3.8) is 0 Å². The highest BCUT2D eigenvalue weighted by Gasteiger charge is 2.50. The Kier molecular flexibility index (Phi) is 4.10. The normalized spacial score (nSPS) is 33.5. The number of ether oxygens (including phenoxy) is 1. The smallest absolute Gasteiger partial charge is 0.119 e. The monoisotopic (exact) mass is 284 g/mol. The summed E-state index contributed by atoms with van der Waals surface area (Å²) >= 11 is 0. The van der Waals surface area contributed by atoms with Crippen LogP contribution in [-0.4, -0.2) is 6.61 Å². The summed E-state index contributed by atoms with van der Waals surface area (Å²) in [6, 6.07) is 10.2. The summed E-state index contributed by atoms with van der Waals surface area (Å²) in [4.78, 5) is 0. The van der Waals surface area contributed by atoms with Gasteiger partial charge in [0.05, 0.1) is 6.61 Å². The second kappa shape index (κ2) is 5.87. The van der Waals surface area contributed by atoms with Crippen LogP contribution in [0, 0.1) is 23.2 Å².